The summed E-state index contributed by atoms with van der Waals surface area (Å²) in [5.74, 6) is -1.21. The third kappa shape index (κ3) is 4.65. The average Bonchev–Trinajstić information content (AvgIpc) is 3.44. The van der Waals surface area contributed by atoms with Gasteiger partial charge in [0.25, 0.3) is 0 Å². The number of benzene rings is 2. The van der Waals surface area contributed by atoms with Crippen LogP contribution in [-0.2, 0) is 9.59 Å². The van der Waals surface area contributed by atoms with Gasteiger partial charge in [0.2, 0.25) is 5.91 Å². The van der Waals surface area contributed by atoms with E-state index in [-0.39, 0.29) is 24.3 Å². The van der Waals surface area contributed by atoms with Crippen LogP contribution in [0, 0.1) is 5.92 Å². The lowest BCUT2D eigenvalue weighted by Gasteiger charge is -2.14. The van der Waals surface area contributed by atoms with E-state index in [0.29, 0.717) is 22.4 Å². The average molecular weight is 438 g/mol. The molecule has 1 aliphatic carbocycles. The summed E-state index contributed by atoms with van der Waals surface area (Å²) >= 11 is 14.7. The second-order valence-corrected chi connectivity index (χ2v) is 8.98. The van der Waals surface area contributed by atoms with Crippen LogP contribution < -0.4 is 5.32 Å². The summed E-state index contributed by atoms with van der Waals surface area (Å²) in [6.45, 7) is 3.93. The van der Waals surface area contributed by atoms with Crippen molar-refractivity contribution in [3.63, 3.8) is 0 Å². The highest BCUT2D eigenvalue weighted by atomic mass is 35.5. The number of nitrogens with one attached hydrogen (secondary N) is 1. The molecular formula is C21H21Cl2NO3S. The summed E-state index contributed by atoms with van der Waals surface area (Å²) in [5, 5.41) is 12.0. The van der Waals surface area contributed by atoms with E-state index in [1.807, 2.05) is 24.3 Å². The Kier molecular flexibility index (Phi) is 6.58. The zero-order valence-electron chi connectivity index (χ0n) is 15.5. The highest BCUT2D eigenvalue weighted by molar-refractivity contribution is 7.99. The highest BCUT2D eigenvalue weighted by Gasteiger charge is 2.45. The van der Waals surface area contributed by atoms with Crippen LogP contribution in [0.4, 0.5) is 0 Å². The molecule has 0 unspecified atom stereocenters. The predicted octanol–water partition coefficient (Wildman–Crippen LogP) is 5.57. The van der Waals surface area contributed by atoms with E-state index in [0.717, 1.165) is 15.4 Å². The monoisotopic (exact) mass is 437 g/mol. The van der Waals surface area contributed by atoms with Gasteiger partial charge >= 0.3 is 5.97 Å². The topological polar surface area (TPSA) is 66.4 Å². The Morgan fingerprint density at radius 1 is 1.14 bits per heavy atom. The summed E-state index contributed by atoms with van der Waals surface area (Å²) in [7, 11) is 0. The molecule has 2 aromatic rings. The van der Waals surface area contributed by atoms with Gasteiger partial charge < -0.3 is 10.4 Å². The lowest BCUT2D eigenvalue weighted by molar-refractivity contribution is -0.138. The molecule has 0 bridgehead atoms. The van der Waals surface area contributed by atoms with Crippen molar-refractivity contribution < 1.29 is 14.7 Å². The number of carboxylic acids is 1. The fraction of sp³-hybridized carbons (Fsp3) is 0.333. The molecule has 0 spiro atoms. The molecule has 2 atom stereocenters. The minimum absolute atomic E-state index is 0.0270. The van der Waals surface area contributed by atoms with E-state index in [9.17, 15) is 9.59 Å². The Labute approximate surface area is 178 Å². The van der Waals surface area contributed by atoms with Crippen molar-refractivity contribution in [3.8, 4) is 0 Å². The number of hydrogen-bond acceptors (Lipinski definition) is 3. The van der Waals surface area contributed by atoms with E-state index in [1.165, 1.54) is 5.56 Å². The smallest absolute Gasteiger partial charge is 0.322 e. The lowest BCUT2D eigenvalue weighted by atomic mass is 10.0. The molecule has 7 heteroatoms. The molecule has 0 radical (unpaired) electrons. The minimum atomic E-state index is -1.06. The number of aliphatic carboxylic acids is 1. The summed E-state index contributed by atoms with van der Waals surface area (Å²) in [4.78, 5) is 24.7. The molecule has 0 aliphatic heterocycles. The maximum atomic E-state index is 12.0. The molecule has 1 amide bonds. The quantitative estimate of drug-likeness (QED) is 0.593. The molecule has 0 saturated heterocycles. The molecule has 2 N–H and O–H groups in total. The number of carbonyl (C=O) groups excluding carboxylic acids is 1. The number of hydrogen-bond donors (Lipinski definition) is 2. The Hall–Kier alpha value is -1.69. The first kappa shape index (κ1) is 21.0. The summed E-state index contributed by atoms with van der Waals surface area (Å²) < 4.78 is 0. The third-order valence-electron chi connectivity index (χ3n) is 4.78. The molecule has 4 nitrogen and oxygen atoms in total. The summed E-state index contributed by atoms with van der Waals surface area (Å²) in [6, 6.07) is 12.1. The molecular weight excluding hydrogens is 417 g/mol. The molecule has 1 saturated carbocycles. The fourth-order valence-electron chi connectivity index (χ4n) is 3.20. The Morgan fingerprint density at radius 3 is 2.54 bits per heavy atom. The summed E-state index contributed by atoms with van der Waals surface area (Å²) in [6.07, 6.45) is 0.643. The van der Waals surface area contributed by atoms with E-state index in [1.54, 1.807) is 11.8 Å². The number of rotatable bonds is 7. The molecule has 28 heavy (non-hydrogen) atoms. The van der Waals surface area contributed by atoms with Gasteiger partial charge in [0, 0.05) is 15.7 Å². The van der Waals surface area contributed by atoms with E-state index in [2.05, 4.69) is 31.3 Å². The van der Waals surface area contributed by atoms with Crippen LogP contribution in [0.1, 0.15) is 43.2 Å². The van der Waals surface area contributed by atoms with Crippen molar-refractivity contribution in [2.75, 3.05) is 6.54 Å². The van der Waals surface area contributed by atoms with E-state index in [4.69, 9.17) is 28.3 Å². The van der Waals surface area contributed by atoms with Gasteiger partial charge in [-0.2, -0.15) is 0 Å². The predicted molar refractivity (Wildman–Crippen MR) is 113 cm³/mol. The van der Waals surface area contributed by atoms with Gasteiger partial charge in [-0.15, -0.1) is 0 Å². The molecule has 3 rings (SSSR count). The van der Waals surface area contributed by atoms with Crippen LogP contribution in [-0.4, -0.2) is 23.5 Å². The minimum Gasteiger partial charge on any atom is -0.480 e. The van der Waals surface area contributed by atoms with Crippen LogP contribution >= 0.6 is 35.0 Å². The van der Waals surface area contributed by atoms with Crippen molar-refractivity contribution in [1.29, 1.82) is 0 Å². The normalized spacial score (nSPS) is 18.2. The number of halogens is 2. The molecule has 1 fully saturated rings. The maximum absolute atomic E-state index is 12.0. The SMILES string of the molecule is CC(C)c1ccccc1Sc1ccc([C@@H]2C[C@H]2C(=O)NCC(=O)O)c(Cl)c1Cl. The first-order valence-corrected chi connectivity index (χ1v) is 10.6. The van der Waals surface area contributed by atoms with Crippen molar-refractivity contribution in [2.24, 2.45) is 5.92 Å². The first-order chi connectivity index (χ1) is 13.3. The van der Waals surface area contributed by atoms with E-state index < -0.39 is 5.97 Å². The van der Waals surface area contributed by atoms with Crippen LogP contribution in [0.5, 0.6) is 0 Å². The molecule has 148 valence electrons. The van der Waals surface area contributed by atoms with Gasteiger partial charge in [-0.05, 0) is 41.5 Å². The van der Waals surface area contributed by atoms with Crippen LogP contribution in [0.15, 0.2) is 46.2 Å². The van der Waals surface area contributed by atoms with Gasteiger partial charge in [0.15, 0.2) is 0 Å². The second kappa shape index (κ2) is 8.76. The van der Waals surface area contributed by atoms with Crippen molar-refractivity contribution in [2.45, 2.75) is 41.9 Å². The number of carboxylic acid groups (broad SMARTS) is 1. The molecule has 0 aromatic heterocycles. The van der Waals surface area contributed by atoms with E-state index >= 15 is 0 Å². The zero-order valence-corrected chi connectivity index (χ0v) is 17.9. The van der Waals surface area contributed by atoms with Gasteiger partial charge in [0.05, 0.1) is 10.0 Å². The van der Waals surface area contributed by atoms with Gasteiger partial charge in [0.1, 0.15) is 6.54 Å². The van der Waals surface area contributed by atoms with Gasteiger partial charge in [-0.1, -0.05) is 73.1 Å². The van der Waals surface area contributed by atoms with Crippen LogP contribution in [0.2, 0.25) is 10.0 Å². The number of amides is 1. The molecule has 2 aromatic carbocycles. The van der Waals surface area contributed by atoms with Crippen LogP contribution in [0.25, 0.3) is 0 Å². The number of carbonyl (C=O) groups is 2. The van der Waals surface area contributed by atoms with Crippen molar-refractivity contribution in [3.05, 3.63) is 57.6 Å². The molecule has 0 heterocycles. The largest absolute Gasteiger partial charge is 0.480 e. The fourth-order valence-corrected chi connectivity index (χ4v) is 4.98. The Balaban J connectivity index is 1.76. The standard InChI is InChI=1S/C21H21Cl2NO3S/c1-11(2)12-5-3-4-6-16(12)28-17-8-7-13(19(22)20(17)23)14-9-15(14)21(27)24-10-18(25)26/h3-8,11,14-15H,9-10H2,1-2H3,(H,24,27)(H,25,26)/t14-,15+/m0/s1. The second-order valence-electron chi connectivity index (χ2n) is 7.14. The van der Waals surface area contributed by atoms with Gasteiger partial charge in [-0.3, -0.25) is 9.59 Å². The van der Waals surface area contributed by atoms with Crippen molar-refractivity contribution >= 4 is 46.8 Å². The molecule has 1 aliphatic rings. The Morgan fingerprint density at radius 2 is 1.86 bits per heavy atom. The first-order valence-electron chi connectivity index (χ1n) is 9.03. The maximum Gasteiger partial charge on any atom is 0.322 e. The highest BCUT2D eigenvalue weighted by Crippen LogP contribution is 2.52. The Bertz CT molecular complexity index is 917. The third-order valence-corrected chi connectivity index (χ3v) is 6.94. The lowest BCUT2D eigenvalue weighted by Crippen LogP contribution is -2.30. The zero-order chi connectivity index (χ0) is 20.4. The van der Waals surface area contributed by atoms with Gasteiger partial charge in [-0.25, -0.2) is 0 Å². The van der Waals surface area contributed by atoms with Crippen LogP contribution in [0.3, 0.4) is 0 Å². The van der Waals surface area contributed by atoms with Crippen molar-refractivity contribution in [1.82, 2.24) is 5.32 Å². The summed E-state index contributed by atoms with van der Waals surface area (Å²) in [5.41, 5.74) is 2.09.